The molecule has 36 heavy (non-hydrogen) atoms. The first-order valence-electron chi connectivity index (χ1n) is 12.9. The maximum Gasteiger partial charge on any atom is 0.406 e. The van der Waals surface area contributed by atoms with E-state index in [0.29, 0.717) is 21.2 Å². The zero-order valence-electron chi connectivity index (χ0n) is 20.8. The molecular weight excluding hydrogens is 501 g/mol. The molecule has 1 spiro atoms. The Balaban J connectivity index is 1.19. The van der Waals surface area contributed by atoms with Crippen molar-refractivity contribution < 1.29 is 13.2 Å². The lowest BCUT2D eigenvalue weighted by molar-refractivity contribution is -0.118. The van der Waals surface area contributed by atoms with Gasteiger partial charge >= 0.3 is 6.18 Å². The van der Waals surface area contributed by atoms with Gasteiger partial charge in [0.1, 0.15) is 6.54 Å². The predicted molar refractivity (Wildman–Crippen MR) is 145 cm³/mol. The Morgan fingerprint density at radius 2 is 1.72 bits per heavy atom. The Morgan fingerprint density at radius 3 is 2.31 bits per heavy atom. The van der Waals surface area contributed by atoms with Crippen LogP contribution in [0.2, 0.25) is 5.02 Å². The minimum absolute atomic E-state index is 0.338. The molecule has 1 aliphatic carbocycles. The minimum atomic E-state index is -4.29. The maximum absolute atomic E-state index is 13.4. The summed E-state index contributed by atoms with van der Waals surface area (Å²) in [7, 11) is 0. The van der Waals surface area contributed by atoms with Gasteiger partial charge in [-0.3, -0.25) is 0 Å². The van der Waals surface area contributed by atoms with Crippen LogP contribution in [0.15, 0.2) is 54.7 Å². The molecule has 1 saturated heterocycles. The van der Waals surface area contributed by atoms with Gasteiger partial charge in [0, 0.05) is 26.6 Å². The quantitative estimate of drug-likeness (QED) is 0.356. The molecule has 2 aromatic carbocycles. The third kappa shape index (κ3) is 4.81. The van der Waals surface area contributed by atoms with Crippen LogP contribution in [0.25, 0.3) is 0 Å². The van der Waals surface area contributed by atoms with Gasteiger partial charge < -0.3 is 9.80 Å². The largest absolute Gasteiger partial charge is 0.406 e. The zero-order chi connectivity index (χ0) is 25.6. The molecule has 1 saturated carbocycles. The number of likely N-dealkylation sites (tertiary alicyclic amines) is 1. The molecule has 0 N–H and O–H groups in total. The molecule has 2 aromatic rings. The van der Waals surface area contributed by atoms with E-state index in [1.54, 1.807) is 12.1 Å². The highest BCUT2D eigenvalue weighted by Gasteiger charge is 2.50. The zero-order valence-corrected chi connectivity index (χ0v) is 22.4. The molecule has 0 unspecified atom stereocenters. The lowest BCUT2D eigenvalue weighted by Gasteiger charge is -2.41. The first-order valence-corrected chi connectivity index (χ1v) is 14.5. The summed E-state index contributed by atoms with van der Waals surface area (Å²) in [4.78, 5) is 3.80. The number of rotatable bonds is 7. The SMILES string of the molecule is C=C1N(CC(F)(F)F)c2ccc(Cl)cc2C12CCN(CCCc1ccc(C3(SC)CCC3)cc1)CC2. The van der Waals surface area contributed by atoms with Gasteiger partial charge in [0.05, 0.1) is 0 Å². The topological polar surface area (TPSA) is 6.48 Å². The second-order valence-corrected chi connectivity index (χ2v) is 12.2. The minimum Gasteiger partial charge on any atom is -0.335 e. The van der Waals surface area contributed by atoms with Crippen molar-refractivity contribution in [2.45, 2.75) is 61.3 Å². The standard InChI is InChI=1S/C29H34ClF3N2S/c1-21-27(25-19-24(30)10-11-26(25)35(21)20-29(31,32)33)14-17-34(18-15-27)16-3-5-22-6-8-23(9-7-22)28(36-2)12-4-13-28/h6-11,19H,1,3-5,12-18,20H2,2H3. The van der Waals surface area contributed by atoms with Crippen molar-refractivity contribution in [3.05, 3.63) is 76.5 Å². The van der Waals surface area contributed by atoms with Crippen molar-refractivity contribution in [1.29, 1.82) is 0 Å². The lowest BCUT2D eigenvalue weighted by Crippen LogP contribution is -2.45. The molecule has 3 aliphatic rings. The van der Waals surface area contributed by atoms with Gasteiger partial charge in [-0.15, -0.1) is 0 Å². The van der Waals surface area contributed by atoms with E-state index in [0.717, 1.165) is 50.9 Å². The monoisotopic (exact) mass is 534 g/mol. The molecule has 0 aromatic heterocycles. The number of anilines is 1. The Labute approximate surface area is 221 Å². The summed E-state index contributed by atoms with van der Waals surface area (Å²) in [6.07, 6.45) is 5.45. The van der Waals surface area contributed by atoms with Crippen LogP contribution < -0.4 is 4.90 Å². The lowest BCUT2D eigenvalue weighted by atomic mass is 9.72. The highest BCUT2D eigenvalue weighted by molar-refractivity contribution is 7.99. The van der Waals surface area contributed by atoms with Gasteiger partial charge in [-0.2, -0.15) is 24.9 Å². The Morgan fingerprint density at radius 1 is 1.03 bits per heavy atom. The number of allylic oxidation sites excluding steroid dienone is 1. The van der Waals surface area contributed by atoms with E-state index < -0.39 is 18.1 Å². The second kappa shape index (κ2) is 9.92. The Bertz CT molecular complexity index is 1100. The highest BCUT2D eigenvalue weighted by Crippen LogP contribution is 2.54. The van der Waals surface area contributed by atoms with E-state index in [9.17, 15) is 13.2 Å². The first-order chi connectivity index (χ1) is 17.2. The molecule has 2 aliphatic heterocycles. The molecule has 0 bridgehead atoms. The first kappa shape index (κ1) is 26.0. The van der Waals surface area contributed by atoms with Crippen molar-refractivity contribution in [2.24, 2.45) is 0 Å². The number of nitrogens with zero attached hydrogens (tertiary/aromatic N) is 2. The van der Waals surface area contributed by atoms with Crippen molar-refractivity contribution in [3.8, 4) is 0 Å². The summed E-state index contributed by atoms with van der Waals surface area (Å²) in [5.74, 6) is 0. The number of hydrogen-bond donors (Lipinski definition) is 0. The molecule has 2 heterocycles. The van der Waals surface area contributed by atoms with Crippen LogP contribution in [0.5, 0.6) is 0 Å². The number of thioether (sulfide) groups is 1. The summed E-state index contributed by atoms with van der Waals surface area (Å²) < 4.78 is 40.4. The van der Waals surface area contributed by atoms with Crippen molar-refractivity contribution in [2.75, 3.05) is 37.3 Å². The number of hydrogen-bond acceptors (Lipinski definition) is 3. The van der Waals surface area contributed by atoms with Crippen molar-refractivity contribution >= 4 is 29.1 Å². The molecule has 0 radical (unpaired) electrons. The number of benzene rings is 2. The van der Waals surface area contributed by atoms with E-state index in [1.165, 1.54) is 35.3 Å². The summed E-state index contributed by atoms with van der Waals surface area (Å²) in [5, 5.41) is 0.559. The number of halogens is 4. The summed E-state index contributed by atoms with van der Waals surface area (Å²) >= 11 is 8.27. The molecule has 2 nitrogen and oxygen atoms in total. The average molecular weight is 535 g/mol. The van der Waals surface area contributed by atoms with Gasteiger partial charge in [-0.1, -0.05) is 48.9 Å². The van der Waals surface area contributed by atoms with Gasteiger partial charge in [-0.05, 0) is 99.3 Å². The third-order valence-corrected chi connectivity index (χ3v) is 10.3. The van der Waals surface area contributed by atoms with Crippen LogP contribution in [-0.4, -0.2) is 43.5 Å². The van der Waals surface area contributed by atoms with Crippen LogP contribution in [0, 0.1) is 0 Å². The van der Waals surface area contributed by atoms with Gasteiger partial charge in [0.15, 0.2) is 0 Å². The van der Waals surface area contributed by atoms with E-state index >= 15 is 0 Å². The maximum atomic E-state index is 13.4. The molecule has 0 amide bonds. The van der Waals surface area contributed by atoms with Crippen LogP contribution in [0.4, 0.5) is 18.9 Å². The summed E-state index contributed by atoms with van der Waals surface area (Å²) in [5.41, 5.74) is 4.43. The third-order valence-electron chi connectivity index (χ3n) is 8.66. The molecule has 2 fully saturated rings. The highest BCUT2D eigenvalue weighted by atomic mass is 35.5. The molecule has 194 valence electrons. The Kier molecular flexibility index (Phi) is 7.16. The van der Waals surface area contributed by atoms with Gasteiger partial charge in [-0.25, -0.2) is 0 Å². The van der Waals surface area contributed by atoms with E-state index in [4.69, 9.17) is 11.6 Å². The Hall–Kier alpha value is -1.63. The van der Waals surface area contributed by atoms with Gasteiger partial charge in [0.25, 0.3) is 0 Å². The molecular formula is C29H34ClF3N2S. The van der Waals surface area contributed by atoms with Gasteiger partial charge in [0.2, 0.25) is 0 Å². The number of piperidine rings is 1. The number of aryl methyl sites for hydroxylation is 1. The summed E-state index contributed by atoms with van der Waals surface area (Å²) in [6.45, 7) is 5.85. The second-order valence-electron chi connectivity index (χ2n) is 10.6. The van der Waals surface area contributed by atoms with Crippen molar-refractivity contribution in [1.82, 2.24) is 4.90 Å². The van der Waals surface area contributed by atoms with E-state index in [-0.39, 0.29) is 0 Å². The van der Waals surface area contributed by atoms with Crippen LogP contribution in [0.1, 0.15) is 55.2 Å². The van der Waals surface area contributed by atoms with E-state index in [1.807, 2.05) is 17.8 Å². The van der Waals surface area contributed by atoms with Crippen LogP contribution >= 0.6 is 23.4 Å². The molecule has 5 rings (SSSR count). The fourth-order valence-electron chi connectivity index (χ4n) is 6.35. The van der Waals surface area contributed by atoms with E-state index in [2.05, 4.69) is 42.0 Å². The van der Waals surface area contributed by atoms with Crippen molar-refractivity contribution in [3.63, 3.8) is 0 Å². The predicted octanol–water partition coefficient (Wildman–Crippen LogP) is 7.94. The smallest absolute Gasteiger partial charge is 0.335 e. The molecule has 0 atom stereocenters. The number of fused-ring (bicyclic) bond motifs is 2. The van der Waals surface area contributed by atoms with Crippen LogP contribution in [-0.2, 0) is 16.6 Å². The molecule has 7 heteroatoms. The fourth-order valence-corrected chi connectivity index (χ4v) is 7.59. The average Bonchev–Trinajstić information content (AvgIpc) is 3.02. The van der Waals surface area contributed by atoms with Crippen LogP contribution in [0.3, 0.4) is 0 Å². The summed E-state index contributed by atoms with van der Waals surface area (Å²) in [6, 6.07) is 14.4. The number of alkyl halides is 3. The fraction of sp³-hybridized carbons (Fsp3) is 0.517. The normalized spacial score (nSPS) is 21.0.